The number of rotatable bonds is 8. The van der Waals surface area contributed by atoms with E-state index in [1.807, 2.05) is 0 Å². The van der Waals surface area contributed by atoms with E-state index in [9.17, 15) is 0 Å². The second kappa shape index (κ2) is 8.35. The van der Waals surface area contributed by atoms with E-state index in [1.165, 1.54) is 24.9 Å². The lowest BCUT2D eigenvalue weighted by molar-refractivity contribution is 0.228. The van der Waals surface area contributed by atoms with Crippen molar-refractivity contribution < 1.29 is 4.74 Å². The van der Waals surface area contributed by atoms with Gasteiger partial charge in [0.2, 0.25) is 5.88 Å². The summed E-state index contributed by atoms with van der Waals surface area (Å²) in [6.07, 6.45) is 4.66. The molecule has 0 amide bonds. The van der Waals surface area contributed by atoms with Crippen molar-refractivity contribution in [2.75, 3.05) is 26.7 Å². The van der Waals surface area contributed by atoms with Crippen LogP contribution in [-0.2, 0) is 13.0 Å². The molecule has 4 heteroatoms. The molecule has 4 nitrogen and oxygen atoms in total. The van der Waals surface area contributed by atoms with Gasteiger partial charge in [0.25, 0.3) is 0 Å². The average molecular weight is 291 g/mol. The van der Waals surface area contributed by atoms with Crippen LogP contribution >= 0.6 is 0 Å². The van der Waals surface area contributed by atoms with E-state index in [-0.39, 0.29) is 0 Å². The Kier molecular flexibility index (Phi) is 6.46. The predicted octanol–water partition coefficient (Wildman–Crippen LogP) is 2.62. The summed E-state index contributed by atoms with van der Waals surface area (Å²) in [4.78, 5) is 7.02. The van der Waals surface area contributed by atoms with Crippen LogP contribution < -0.4 is 10.1 Å². The molecule has 1 atom stereocenters. The van der Waals surface area contributed by atoms with Crippen LogP contribution in [0.15, 0.2) is 12.1 Å². The average Bonchev–Trinajstić information content (AvgIpc) is 2.90. The molecule has 2 rings (SSSR count). The molecule has 0 radical (unpaired) electrons. The molecule has 1 aromatic rings. The number of aromatic nitrogens is 1. The summed E-state index contributed by atoms with van der Waals surface area (Å²) in [7, 11) is 2.21. The largest absolute Gasteiger partial charge is 0.478 e. The van der Waals surface area contributed by atoms with Crippen molar-refractivity contribution in [3.05, 3.63) is 23.4 Å². The lowest BCUT2D eigenvalue weighted by Crippen LogP contribution is -2.26. The first-order valence-electron chi connectivity index (χ1n) is 8.26. The third kappa shape index (κ3) is 4.97. The Morgan fingerprint density at radius 3 is 2.90 bits per heavy atom. The molecule has 1 saturated heterocycles. The zero-order valence-electron chi connectivity index (χ0n) is 13.7. The molecule has 0 bridgehead atoms. The highest BCUT2D eigenvalue weighted by Crippen LogP contribution is 2.19. The number of ether oxygens (including phenoxy) is 1. The number of nitrogens with one attached hydrogen (secondary N) is 1. The van der Waals surface area contributed by atoms with Crippen molar-refractivity contribution in [2.45, 2.75) is 52.1 Å². The van der Waals surface area contributed by atoms with Gasteiger partial charge in [0.15, 0.2) is 0 Å². The zero-order chi connectivity index (χ0) is 15.1. The lowest BCUT2D eigenvalue weighted by Gasteiger charge is -2.19. The van der Waals surface area contributed by atoms with Crippen molar-refractivity contribution in [3.8, 4) is 5.88 Å². The Labute approximate surface area is 128 Å². The van der Waals surface area contributed by atoms with E-state index >= 15 is 0 Å². The van der Waals surface area contributed by atoms with Crippen LogP contribution in [0.3, 0.4) is 0 Å². The van der Waals surface area contributed by atoms with Gasteiger partial charge in [-0.2, -0.15) is 0 Å². The van der Waals surface area contributed by atoms with E-state index in [2.05, 4.69) is 48.2 Å². The van der Waals surface area contributed by atoms with E-state index in [0.29, 0.717) is 6.04 Å². The normalized spacial score (nSPS) is 19.1. The quantitative estimate of drug-likeness (QED) is 0.799. The van der Waals surface area contributed by atoms with Gasteiger partial charge in [0.05, 0.1) is 6.61 Å². The lowest BCUT2D eigenvalue weighted by atomic mass is 10.1. The molecule has 1 fully saturated rings. The molecule has 1 aromatic heterocycles. The van der Waals surface area contributed by atoms with E-state index in [1.54, 1.807) is 0 Å². The molecule has 0 spiro atoms. The van der Waals surface area contributed by atoms with Crippen molar-refractivity contribution in [1.29, 1.82) is 0 Å². The number of nitrogens with zero attached hydrogens (tertiary/aromatic N) is 2. The molecular weight excluding hydrogens is 262 g/mol. The Morgan fingerprint density at radius 1 is 1.38 bits per heavy atom. The summed E-state index contributed by atoms with van der Waals surface area (Å²) in [5, 5.41) is 3.36. The maximum absolute atomic E-state index is 5.91. The third-order valence-electron chi connectivity index (χ3n) is 4.23. The standard InChI is InChI=1S/C17H29N3O/c1-4-15-11-14(13-18-5-2)12-17(19-15)21-10-8-16-7-6-9-20(16)3/h11-12,16,18H,4-10,13H2,1-3H3. The smallest absolute Gasteiger partial charge is 0.213 e. The summed E-state index contributed by atoms with van der Waals surface area (Å²) in [5.41, 5.74) is 2.37. The monoisotopic (exact) mass is 291 g/mol. The Balaban J connectivity index is 1.88. The van der Waals surface area contributed by atoms with Gasteiger partial charge in [-0.3, -0.25) is 0 Å². The SMILES string of the molecule is CCNCc1cc(CC)nc(OCCC2CCCN2C)c1. The van der Waals surface area contributed by atoms with Gasteiger partial charge in [-0.25, -0.2) is 4.98 Å². The molecule has 1 N–H and O–H groups in total. The fourth-order valence-electron chi connectivity index (χ4n) is 2.89. The highest BCUT2D eigenvalue weighted by Gasteiger charge is 2.20. The first kappa shape index (κ1) is 16.2. The van der Waals surface area contributed by atoms with Crippen LogP contribution in [-0.4, -0.2) is 42.7 Å². The molecule has 118 valence electrons. The first-order valence-corrected chi connectivity index (χ1v) is 8.26. The summed E-state index contributed by atoms with van der Waals surface area (Å²) in [6, 6.07) is 4.92. The second-order valence-electron chi connectivity index (χ2n) is 5.85. The molecule has 1 aliphatic rings. The highest BCUT2D eigenvalue weighted by atomic mass is 16.5. The maximum atomic E-state index is 5.91. The van der Waals surface area contributed by atoms with E-state index < -0.39 is 0 Å². The minimum atomic E-state index is 0.681. The molecule has 0 aliphatic carbocycles. The van der Waals surface area contributed by atoms with Crippen LogP contribution in [0, 0.1) is 0 Å². The first-order chi connectivity index (χ1) is 10.2. The van der Waals surface area contributed by atoms with Crippen molar-refractivity contribution in [2.24, 2.45) is 0 Å². The van der Waals surface area contributed by atoms with E-state index in [4.69, 9.17) is 4.74 Å². The predicted molar refractivity (Wildman–Crippen MR) is 86.8 cm³/mol. The van der Waals surface area contributed by atoms with Crippen LogP contribution in [0.5, 0.6) is 5.88 Å². The van der Waals surface area contributed by atoms with Gasteiger partial charge in [0, 0.05) is 24.3 Å². The molecule has 0 aromatic carbocycles. The molecule has 1 aliphatic heterocycles. The molecular formula is C17H29N3O. The number of aryl methyl sites for hydroxylation is 1. The van der Waals surface area contributed by atoms with Gasteiger partial charge in [-0.05, 0) is 57.5 Å². The fraction of sp³-hybridized carbons (Fsp3) is 0.706. The van der Waals surface area contributed by atoms with Gasteiger partial charge >= 0.3 is 0 Å². The number of pyridine rings is 1. The molecule has 1 unspecified atom stereocenters. The minimum Gasteiger partial charge on any atom is -0.478 e. The summed E-state index contributed by atoms with van der Waals surface area (Å²) in [5.74, 6) is 0.780. The van der Waals surface area contributed by atoms with Gasteiger partial charge in [-0.15, -0.1) is 0 Å². The van der Waals surface area contributed by atoms with E-state index in [0.717, 1.165) is 44.1 Å². The molecule has 0 saturated carbocycles. The van der Waals surface area contributed by atoms with Crippen molar-refractivity contribution in [1.82, 2.24) is 15.2 Å². The number of hydrogen-bond acceptors (Lipinski definition) is 4. The van der Waals surface area contributed by atoms with Crippen molar-refractivity contribution in [3.63, 3.8) is 0 Å². The third-order valence-corrected chi connectivity index (χ3v) is 4.23. The molecule has 2 heterocycles. The Hall–Kier alpha value is -1.13. The van der Waals surface area contributed by atoms with Crippen LogP contribution in [0.1, 0.15) is 44.4 Å². The van der Waals surface area contributed by atoms with Crippen LogP contribution in [0.25, 0.3) is 0 Å². The maximum Gasteiger partial charge on any atom is 0.213 e. The van der Waals surface area contributed by atoms with Crippen LogP contribution in [0.2, 0.25) is 0 Å². The second-order valence-corrected chi connectivity index (χ2v) is 5.85. The summed E-state index contributed by atoms with van der Waals surface area (Å²) in [6.45, 7) is 8.10. The highest BCUT2D eigenvalue weighted by molar-refractivity contribution is 5.25. The van der Waals surface area contributed by atoms with Gasteiger partial charge in [-0.1, -0.05) is 13.8 Å². The fourth-order valence-corrected chi connectivity index (χ4v) is 2.89. The van der Waals surface area contributed by atoms with Gasteiger partial charge in [0.1, 0.15) is 0 Å². The Morgan fingerprint density at radius 2 is 2.24 bits per heavy atom. The number of likely N-dealkylation sites (tertiary alicyclic amines) is 1. The zero-order valence-corrected chi connectivity index (χ0v) is 13.7. The Bertz CT molecular complexity index is 436. The minimum absolute atomic E-state index is 0.681. The number of hydrogen-bond donors (Lipinski definition) is 1. The van der Waals surface area contributed by atoms with Gasteiger partial charge < -0.3 is 15.0 Å². The summed E-state index contributed by atoms with van der Waals surface area (Å²) < 4.78 is 5.91. The topological polar surface area (TPSA) is 37.4 Å². The van der Waals surface area contributed by atoms with Crippen molar-refractivity contribution >= 4 is 0 Å². The summed E-state index contributed by atoms with van der Waals surface area (Å²) >= 11 is 0. The van der Waals surface area contributed by atoms with Crippen LogP contribution in [0.4, 0.5) is 0 Å². The molecule has 21 heavy (non-hydrogen) atoms.